The minimum Gasteiger partial charge on any atom is -0.507 e. The van der Waals surface area contributed by atoms with Crippen LogP contribution < -0.4 is 4.74 Å². The number of benzene rings is 2. The van der Waals surface area contributed by atoms with E-state index in [0.29, 0.717) is 30.0 Å². The Morgan fingerprint density at radius 3 is 2.50 bits per heavy atom. The van der Waals surface area contributed by atoms with E-state index < -0.39 is 23.5 Å². The highest BCUT2D eigenvalue weighted by atomic mass is 19.1. The number of ketones is 1. The lowest BCUT2D eigenvalue weighted by Gasteiger charge is -2.26. The summed E-state index contributed by atoms with van der Waals surface area (Å²) in [7, 11) is 3.73. The molecule has 0 bridgehead atoms. The second-order valence-corrected chi connectivity index (χ2v) is 7.93. The molecule has 2 aromatic carbocycles. The van der Waals surface area contributed by atoms with Crippen molar-refractivity contribution in [2.45, 2.75) is 13.0 Å². The minimum absolute atomic E-state index is 0.0143. The molecule has 0 radical (unpaired) electrons. The van der Waals surface area contributed by atoms with Gasteiger partial charge in [0.05, 0.1) is 11.6 Å². The first kappa shape index (κ1) is 23.2. The number of carbonyl (C=O) groups excluding carboxylic acids is 2. The fourth-order valence-electron chi connectivity index (χ4n) is 3.67. The number of aryl methyl sites for hydroxylation is 1. The predicted octanol–water partition coefficient (Wildman–Crippen LogP) is 3.68. The van der Waals surface area contributed by atoms with E-state index in [9.17, 15) is 19.1 Å². The number of aliphatic hydroxyl groups excluding tert-OH is 1. The maximum Gasteiger partial charge on any atom is 0.295 e. The number of amides is 1. The van der Waals surface area contributed by atoms with Gasteiger partial charge in [0.2, 0.25) is 0 Å². The van der Waals surface area contributed by atoms with Gasteiger partial charge in [0.25, 0.3) is 11.7 Å². The number of nitrogens with zero attached hydrogens (tertiary/aromatic N) is 2. The van der Waals surface area contributed by atoms with Crippen LogP contribution in [0.15, 0.2) is 60.7 Å². The molecule has 32 heavy (non-hydrogen) atoms. The first-order valence-corrected chi connectivity index (χ1v) is 10.3. The molecule has 0 aliphatic carbocycles. The number of likely N-dealkylation sites (N-methyl/N-ethyl adjacent to an activating group) is 1. The molecule has 6 nitrogen and oxygen atoms in total. The third kappa shape index (κ3) is 4.73. The number of aliphatic hydroxyl groups is 1. The Labute approximate surface area is 187 Å². The molecule has 1 aliphatic heterocycles. The molecule has 0 spiro atoms. The summed E-state index contributed by atoms with van der Waals surface area (Å²) in [6, 6.07) is 9.82. The summed E-state index contributed by atoms with van der Waals surface area (Å²) in [5.41, 5.74) is 1.69. The summed E-state index contributed by atoms with van der Waals surface area (Å²) in [5.74, 6) is -1.53. The van der Waals surface area contributed by atoms with Gasteiger partial charge in [-0.2, -0.15) is 0 Å². The van der Waals surface area contributed by atoms with Gasteiger partial charge in [-0.15, -0.1) is 0 Å². The van der Waals surface area contributed by atoms with Crippen molar-refractivity contribution >= 4 is 17.4 Å². The molecule has 1 aliphatic rings. The van der Waals surface area contributed by atoms with Gasteiger partial charge < -0.3 is 19.6 Å². The molecule has 3 rings (SSSR count). The van der Waals surface area contributed by atoms with Gasteiger partial charge in [0.15, 0.2) is 0 Å². The molecular weight excluding hydrogens is 411 g/mol. The largest absolute Gasteiger partial charge is 0.507 e. The fraction of sp³-hybridized carbons (Fsp3) is 0.280. The smallest absolute Gasteiger partial charge is 0.295 e. The third-order valence-corrected chi connectivity index (χ3v) is 5.32. The molecule has 0 aromatic heterocycles. The molecule has 1 N–H and O–H groups in total. The van der Waals surface area contributed by atoms with E-state index in [4.69, 9.17) is 4.74 Å². The van der Waals surface area contributed by atoms with E-state index in [1.165, 1.54) is 29.2 Å². The molecule has 1 heterocycles. The van der Waals surface area contributed by atoms with E-state index in [-0.39, 0.29) is 17.9 Å². The highest BCUT2D eigenvalue weighted by Crippen LogP contribution is 2.39. The highest BCUT2D eigenvalue weighted by Gasteiger charge is 2.45. The van der Waals surface area contributed by atoms with Crippen molar-refractivity contribution in [3.8, 4) is 5.75 Å². The normalized spacial score (nSPS) is 17.8. The maximum atomic E-state index is 13.5. The highest BCUT2D eigenvalue weighted by molar-refractivity contribution is 6.46. The van der Waals surface area contributed by atoms with Gasteiger partial charge in [-0.3, -0.25) is 9.59 Å². The monoisotopic (exact) mass is 438 g/mol. The molecule has 0 unspecified atom stereocenters. The van der Waals surface area contributed by atoms with Gasteiger partial charge in [-0.25, -0.2) is 4.39 Å². The average molecular weight is 438 g/mol. The Morgan fingerprint density at radius 1 is 1.22 bits per heavy atom. The van der Waals surface area contributed by atoms with Gasteiger partial charge in [0, 0.05) is 18.7 Å². The van der Waals surface area contributed by atoms with Crippen LogP contribution in [0.5, 0.6) is 5.75 Å². The third-order valence-electron chi connectivity index (χ3n) is 5.32. The maximum absolute atomic E-state index is 13.5. The van der Waals surface area contributed by atoms with Gasteiger partial charge in [-0.1, -0.05) is 24.8 Å². The van der Waals surface area contributed by atoms with Crippen LogP contribution in [0.25, 0.3) is 5.76 Å². The number of halogens is 1. The van der Waals surface area contributed by atoms with E-state index in [2.05, 4.69) is 6.58 Å². The van der Waals surface area contributed by atoms with E-state index >= 15 is 0 Å². The Morgan fingerprint density at radius 2 is 1.91 bits per heavy atom. The van der Waals surface area contributed by atoms with Crippen molar-refractivity contribution in [1.82, 2.24) is 9.80 Å². The van der Waals surface area contributed by atoms with Gasteiger partial charge in [-0.05, 0) is 62.5 Å². The topological polar surface area (TPSA) is 70.1 Å². The number of Topliss-reactive ketones (excluding diaryl/α,β-unsaturated/α-hetero) is 1. The van der Waals surface area contributed by atoms with Crippen molar-refractivity contribution in [2.75, 3.05) is 33.8 Å². The van der Waals surface area contributed by atoms with E-state index in [1.807, 2.05) is 25.9 Å². The molecular formula is C25H27FN2O4. The molecule has 1 saturated heterocycles. The van der Waals surface area contributed by atoms with Crippen LogP contribution >= 0.6 is 0 Å². The summed E-state index contributed by atoms with van der Waals surface area (Å²) < 4.78 is 19.1. The van der Waals surface area contributed by atoms with E-state index in [0.717, 1.165) is 5.56 Å². The average Bonchev–Trinajstić information content (AvgIpc) is 3.01. The zero-order valence-electron chi connectivity index (χ0n) is 18.5. The van der Waals surface area contributed by atoms with Crippen LogP contribution in [0, 0.1) is 12.7 Å². The van der Waals surface area contributed by atoms with Crippen LogP contribution in [0.2, 0.25) is 0 Å². The molecule has 1 atom stereocenters. The Balaban J connectivity index is 2.09. The SMILES string of the molecule is C=CCOc1ccc(C(O)=C2C(=O)C(=O)N(CCN(C)C)[C@@H]2c2ccc(F)cc2)cc1C. The summed E-state index contributed by atoms with van der Waals surface area (Å²) >= 11 is 0. The number of carbonyl (C=O) groups is 2. The summed E-state index contributed by atoms with van der Waals surface area (Å²) in [6.45, 7) is 6.59. The van der Waals surface area contributed by atoms with Crippen LogP contribution in [0.4, 0.5) is 4.39 Å². The van der Waals surface area contributed by atoms with Crippen LogP contribution in [0.3, 0.4) is 0 Å². The Bertz CT molecular complexity index is 1060. The van der Waals surface area contributed by atoms with Crippen molar-refractivity contribution in [3.05, 3.63) is 83.2 Å². The van der Waals surface area contributed by atoms with Crippen molar-refractivity contribution < 1.29 is 23.8 Å². The zero-order valence-corrected chi connectivity index (χ0v) is 18.5. The minimum atomic E-state index is -0.812. The Hall–Kier alpha value is -3.45. The van der Waals surface area contributed by atoms with Crippen LogP contribution in [-0.4, -0.2) is 60.4 Å². The molecule has 0 saturated carbocycles. The second-order valence-electron chi connectivity index (χ2n) is 7.93. The number of ether oxygens (including phenoxy) is 1. The second kappa shape index (κ2) is 9.78. The van der Waals surface area contributed by atoms with E-state index in [1.54, 1.807) is 24.3 Å². The number of likely N-dealkylation sites (tertiary alicyclic amines) is 1. The number of hydrogen-bond acceptors (Lipinski definition) is 5. The standard InChI is InChI=1S/C25H27FN2O4/c1-5-14-32-20-11-8-18(15-16(20)2)23(29)21-22(17-6-9-19(26)10-7-17)28(13-12-27(3)4)25(31)24(21)30/h5-11,15,22,29H,1,12-14H2,2-4H3/t22-/m1/s1. The summed E-state index contributed by atoms with van der Waals surface area (Å²) in [4.78, 5) is 29.2. The first-order valence-electron chi connectivity index (χ1n) is 10.3. The molecule has 1 amide bonds. The van der Waals surface area contributed by atoms with Crippen molar-refractivity contribution in [3.63, 3.8) is 0 Å². The summed E-state index contributed by atoms with van der Waals surface area (Å²) in [5, 5.41) is 11.1. The van der Waals surface area contributed by atoms with Crippen LogP contribution in [0.1, 0.15) is 22.7 Å². The first-order chi connectivity index (χ1) is 15.2. The lowest BCUT2D eigenvalue weighted by Crippen LogP contribution is -2.35. The molecule has 7 heteroatoms. The number of hydrogen-bond donors (Lipinski definition) is 1. The Kier molecular flexibility index (Phi) is 7.10. The molecule has 168 valence electrons. The van der Waals surface area contributed by atoms with Crippen LogP contribution in [-0.2, 0) is 9.59 Å². The fourth-order valence-corrected chi connectivity index (χ4v) is 3.67. The molecule has 2 aromatic rings. The molecule has 1 fully saturated rings. The lowest BCUT2D eigenvalue weighted by molar-refractivity contribution is -0.140. The quantitative estimate of drug-likeness (QED) is 0.295. The summed E-state index contributed by atoms with van der Waals surface area (Å²) in [6.07, 6.45) is 1.63. The van der Waals surface area contributed by atoms with Crippen molar-refractivity contribution in [2.24, 2.45) is 0 Å². The van der Waals surface area contributed by atoms with Gasteiger partial charge in [0.1, 0.15) is 23.9 Å². The predicted molar refractivity (Wildman–Crippen MR) is 121 cm³/mol. The van der Waals surface area contributed by atoms with Gasteiger partial charge >= 0.3 is 0 Å². The lowest BCUT2D eigenvalue weighted by atomic mass is 9.94. The number of rotatable bonds is 8. The zero-order chi connectivity index (χ0) is 23.4. The van der Waals surface area contributed by atoms with Crippen molar-refractivity contribution in [1.29, 1.82) is 0 Å².